The zero-order valence-corrected chi connectivity index (χ0v) is 82.9. The minimum Gasteiger partial charge on any atom is -1.00 e. The van der Waals surface area contributed by atoms with Gasteiger partial charge in [-0.3, -0.25) is 9.79 Å². The van der Waals surface area contributed by atoms with Crippen molar-refractivity contribution in [1.29, 1.82) is 0 Å². The van der Waals surface area contributed by atoms with Crippen LogP contribution in [-0.2, 0) is 52.2 Å². The van der Waals surface area contributed by atoms with E-state index in [1.807, 2.05) is 48.5 Å². The number of aliphatic hydroxyl groups is 2. The van der Waals surface area contributed by atoms with Crippen LogP contribution in [0, 0.1) is 6.92 Å². The van der Waals surface area contributed by atoms with Gasteiger partial charge in [0.2, 0.25) is 36.2 Å². The molecule has 0 unspecified atom stereocenters. The molecule has 4 N–H and O–H groups in total. The van der Waals surface area contributed by atoms with E-state index in [4.69, 9.17) is 337 Å². The predicted octanol–water partition coefficient (Wildman–Crippen LogP) is 13.5. The summed E-state index contributed by atoms with van der Waals surface area (Å²) in [4.78, 5) is 24.9. The first kappa shape index (κ1) is 122. The molecule has 0 saturated carbocycles. The van der Waals surface area contributed by atoms with E-state index < -0.39 is 66.8 Å². The first-order valence-corrected chi connectivity index (χ1v) is 41.5. The number of allylic oxidation sites excluding steroid dienone is 5. The SMILES string of the molecule is C/C(CO)=C(\CCC(OCC(Cl)(Cl)Cl)OCC(Cl)(Cl)Cl)C1=NC(C)(C)CO1.CC(C)(N)CO.CC1=C(CCC(OCC(Cl)(Cl)Cl)OCC(Cl)(Cl)Cl)C(=NC(C)(C)[O-])CC1.CC1=C(CCC(OCC(Cl)(Cl)Cl)OCC(Cl)(Cl)Cl)CCC1=O.[Br-].[CH2-]/C(C)=C(/CCC(OCC(Cl)(Cl)Cl)OCC(Cl)(Cl)Cl)C1=NC(C)(C)CO1.[H-].[Li+].[Li+]. The van der Waals surface area contributed by atoms with E-state index in [0.717, 1.165) is 64.0 Å². The molecule has 0 aromatic heterocycles. The molecule has 0 aromatic rings. The number of aliphatic hydroxyl groups excluding tert-OH is 2. The first-order valence-electron chi connectivity index (χ1n) is 32.4. The molecule has 0 bridgehead atoms. The number of nitrogens with two attached hydrogens (primary N) is 1. The average molecular weight is 2100 g/mol. The van der Waals surface area contributed by atoms with Gasteiger partial charge in [-0.15, -0.1) is 5.57 Å². The number of halogens is 25. The maximum atomic E-state index is 11.9. The summed E-state index contributed by atoms with van der Waals surface area (Å²) in [5.74, 6) is 1.24. The van der Waals surface area contributed by atoms with Gasteiger partial charge in [0.05, 0.1) is 77.1 Å². The summed E-state index contributed by atoms with van der Waals surface area (Å²) in [7, 11) is 0. The monoisotopic (exact) mass is 2090 g/mol. The van der Waals surface area contributed by atoms with Gasteiger partial charge in [0.1, 0.15) is 19.1 Å². The molecule has 45 heteroatoms. The number of ketones is 1. The maximum Gasteiger partial charge on any atom is 1.00 e. The van der Waals surface area contributed by atoms with Crippen LogP contribution in [0.15, 0.2) is 59.6 Å². The molecular weight excluding hydrogens is 2010 g/mol. The Morgan fingerprint density at radius 2 is 0.818 bits per heavy atom. The summed E-state index contributed by atoms with van der Waals surface area (Å²) in [5, 5.41) is 29.8. The van der Waals surface area contributed by atoms with E-state index in [1.54, 1.807) is 20.8 Å². The largest absolute Gasteiger partial charge is 1.00 e. The molecule has 638 valence electrons. The molecule has 0 saturated heterocycles. The third-order valence-corrected chi connectivity index (χ3v) is 16.4. The second kappa shape index (κ2) is 55.7. The van der Waals surface area contributed by atoms with Crippen LogP contribution in [0.3, 0.4) is 0 Å². The Labute approximate surface area is 805 Å². The third kappa shape index (κ3) is 65.8. The van der Waals surface area contributed by atoms with Gasteiger partial charge in [-0.05, 0) is 130 Å². The molecular formula is C65H95BrCl24Li2N4O14-2. The van der Waals surface area contributed by atoms with Gasteiger partial charge in [0, 0.05) is 42.5 Å². The number of nitrogens with zero attached hydrogens (tertiary/aromatic N) is 3. The second-order valence-corrected chi connectivity index (χ2v) is 47.2. The molecule has 4 aliphatic rings. The Hall–Kier alpha value is 5.26. The van der Waals surface area contributed by atoms with Gasteiger partial charge in [0.25, 0.3) is 0 Å². The maximum absolute atomic E-state index is 11.9. The topological polar surface area (TPSA) is 236 Å². The van der Waals surface area contributed by atoms with E-state index >= 15 is 0 Å². The van der Waals surface area contributed by atoms with Crippen LogP contribution in [0.5, 0.6) is 0 Å². The number of aliphatic imine (C=N–C) groups is 3. The third-order valence-electron chi connectivity index (χ3n) is 13.8. The van der Waals surface area contributed by atoms with Crippen LogP contribution in [0.2, 0.25) is 0 Å². The van der Waals surface area contributed by atoms with Crippen molar-refractivity contribution >= 4 is 302 Å². The Balaban J connectivity index is -0.000000434. The van der Waals surface area contributed by atoms with Crippen molar-refractivity contribution in [2.24, 2.45) is 20.7 Å². The van der Waals surface area contributed by atoms with Crippen molar-refractivity contribution in [3.05, 3.63) is 51.5 Å². The molecule has 4 rings (SSSR count). The minimum absolute atomic E-state index is 0. The summed E-state index contributed by atoms with van der Waals surface area (Å²) < 4.78 is 42.7. The molecule has 0 spiro atoms. The number of hydrogen-bond donors (Lipinski definition) is 3. The number of carbonyl (C=O) groups is 1. The van der Waals surface area contributed by atoms with Crippen LogP contribution in [-0.4, -0.2) is 191 Å². The zero-order valence-electron chi connectivity index (χ0n) is 64.1. The van der Waals surface area contributed by atoms with E-state index in [9.17, 15) is 15.0 Å². The molecule has 18 nitrogen and oxygen atoms in total. The Bertz CT molecular complexity index is 2870. The van der Waals surface area contributed by atoms with Gasteiger partial charge in [-0.1, -0.05) is 317 Å². The number of rotatable bonds is 33. The normalized spacial score (nSPS) is 17.3. The van der Waals surface area contributed by atoms with Crippen molar-refractivity contribution in [2.45, 2.75) is 238 Å². The molecule has 0 aromatic carbocycles. The number of hydrogen-bond acceptors (Lipinski definition) is 18. The summed E-state index contributed by atoms with van der Waals surface area (Å²) in [6.07, 6.45) is 3.82. The Morgan fingerprint density at radius 3 is 1.06 bits per heavy atom. The van der Waals surface area contributed by atoms with Crippen LogP contribution in [0.1, 0.15) is 162 Å². The molecule has 2 aliphatic carbocycles. The summed E-state index contributed by atoms with van der Waals surface area (Å²) in [6.45, 7) is 25.5. The van der Waals surface area contributed by atoms with Gasteiger partial charge >= 0.3 is 37.7 Å². The first-order chi connectivity index (χ1) is 48.1. The fourth-order valence-corrected chi connectivity index (χ4v) is 10.3. The number of Topliss-reactive ketones (excluding diaryl/α,β-unsaturated/α-hetero) is 1. The van der Waals surface area contributed by atoms with Crippen molar-refractivity contribution in [3.63, 3.8) is 0 Å². The predicted molar refractivity (Wildman–Crippen MR) is 452 cm³/mol. The van der Waals surface area contributed by atoms with Crippen LogP contribution in [0.25, 0.3) is 0 Å². The van der Waals surface area contributed by atoms with Crippen molar-refractivity contribution < 1.29 is 124 Å². The Kier molecular flexibility index (Phi) is 61.5. The van der Waals surface area contributed by atoms with Crippen molar-refractivity contribution in [1.82, 2.24) is 0 Å². The molecule has 0 radical (unpaired) electrons. The molecule has 0 atom stereocenters. The van der Waals surface area contributed by atoms with Gasteiger partial charge in [0.15, 0.2) is 30.9 Å². The van der Waals surface area contributed by atoms with Gasteiger partial charge < -0.3 is 91.8 Å². The van der Waals surface area contributed by atoms with E-state index in [-0.39, 0.29) is 139 Å². The molecule has 0 fully saturated rings. The standard InChI is InChI=1S/C16H23Cl6NO4.2C16H22Cl6NO3.C13H16Cl6O3.C4H11NO.BrH.2Li.H/c1-10(6-24)11(13-23-14(2,3)7-27-13)4-5-12(25-8-15(17,18)19)26-9-16(20,21)22;1-10(2)11(13-23-14(3,4)7-26-13)5-6-12(24-8-15(17,18)19)25-9-16(20,21)22;1-10-4-6-12(23-14(2,3)24)11(10)5-7-13(25-8-15(17,18)19)26-9-16(20,21)22;1-8-9(2-4-10(8)20)3-5-11(21-6-12(14,15)16)22-7-13(17,18)19;1-4(2,5)3-6;;;;/h12,24H,4-9H2,1-3H3;12H,1,5-9H2,2-4H3;13H,4-9H2,1-3H3;11H,2-7H2,1H3;6H,3,5H2,1-2H3;1H;;;/q;2*-1;;;;2*+1;-1/p-1/b11-10-;11-10+;;;;;;;. The van der Waals surface area contributed by atoms with Gasteiger partial charge in [-0.2, -0.15) is 0 Å². The van der Waals surface area contributed by atoms with Crippen LogP contribution < -0.4 is 65.5 Å². The van der Waals surface area contributed by atoms with E-state index in [0.29, 0.717) is 82.8 Å². The number of carbonyl (C=O) groups excluding carboxylic acids is 1. The quantitative estimate of drug-likeness (QED) is 0.0240. The summed E-state index contributed by atoms with van der Waals surface area (Å²) in [5.41, 5.74) is 11.1. The van der Waals surface area contributed by atoms with Crippen LogP contribution in [0.4, 0.5) is 0 Å². The molecule has 0 amide bonds. The number of ether oxygens (including phenoxy) is 10. The van der Waals surface area contributed by atoms with Gasteiger partial charge in [-0.25, -0.2) is 17.5 Å². The van der Waals surface area contributed by atoms with E-state index in [2.05, 4.69) is 21.9 Å². The smallest absolute Gasteiger partial charge is 1.00 e. The zero-order chi connectivity index (χ0) is 83.4. The molecule has 2 aliphatic heterocycles. The molecule has 2 heterocycles. The second-order valence-electron chi connectivity index (χ2n) is 27.1. The summed E-state index contributed by atoms with van der Waals surface area (Å²) in [6, 6.07) is 0. The average Bonchev–Trinajstić information content (AvgIpc) is 1.72. The van der Waals surface area contributed by atoms with E-state index in [1.165, 1.54) is 19.4 Å². The van der Waals surface area contributed by atoms with Crippen LogP contribution >= 0.6 is 278 Å². The van der Waals surface area contributed by atoms with Crippen molar-refractivity contribution in [3.8, 4) is 0 Å². The minimum atomic E-state index is -1.61. The summed E-state index contributed by atoms with van der Waals surface area (Å²) >= 11 is 137. The van der Waals surface area contributed by atoms with Crippen molar-refractivity contribution in [2.75, 3.05) is 79.3 Å². The Morgan fingerprint density at radius 1 is 0.527 bits per heavy atom. The molecule has 110 heavy (non-hydrogen) atoms. The fourth-order valence-electron chi connectivity index (χ4n) is 8.83. The number of alkyl halides is 24. The fraction of sp³-hybridized carbons (Fsp3) is 0.800.